The Bertz CT molecular complexity index is 1210. The van der Waals surface area contributed by atoms with E-state index in [2.05, 4.69) is 33.1 Å². The number of oxime groups is 1. The number of hydrogen-bond acceptors (Lipinski definition) is 7. The van der Waals surface area contributed by atoms with Crippen molar-refractivity contribution in [1.29, 1.82) is 0 Å². The van der Waals surface area contributed by atoms with Crippen LogP contribution in [0.1, 0.15) is 64.0 Å². The van der Waals surface area contributed by atoms with Crippen LogP contribution in [-0.2, 0) is 6.54 Å². The second kappa shape index (κ2) is 11.6. The van der Waals surface area contributed by atoms with Crippen molar-refractivity contribution in [3.63, 3.8) is 0 Å². The van der Waals surface area contributed by atoms with Crippen LogP contribution in [0.3, 0.4) is 0 Å². The van der Waals surface area contributed by atoms with Gasteiger partial charge in [-0.25, -0.2) is 15.0 Å². The molecule has 0 bridgehead atoms. The van der Waals surface area contributed by atoms with E-state index in [1.807, 2.05) is 30.5 Å². The van der Waals surface area contributed by atoms with E-state index in [0.29, 0.717) is 22.8 Å². The second-order valence-electron chi connectivity index (χ2n) is 8.02. The van der Waals surface area contributed by atoms with Gasteiger partial charge in [0.05, 0.1) is 23.1 Å². The number of fused-ring (bicyclic) bond motifs is 2. The van der Waals surface area contributed by atoms with E-state index in [0.717, 1.165) is 27.3 Å². The number of nitrogens with zero attached hydrogens (tertiary/aromatic N) is 5. The van der Waals surface area contributed by atoms with Gasteiger partial charge < -0.3 is 21.2 Å². The van der Waals surface area contributed by atoms with E-state index >= 15 is 0 Å². The molecular formula is C24H33N7OS. The summed E-state index contributed by atoms with van der Waals surface area (Å²) in [6.07, 6.45) is 10.7. The number of hydrogen-bond donors (Lipinski definition) is 3. The molecule has 5 N–H and O–H groups in total. The van der Waals surface area contributed by atoms with Gasteiger partial charge in [-0.05, 0) is 29.7 Å². The van der Waals surface area contributed by atoms with Gasteiger partial charge in [0.25, 0.3) is 0 Å². The SMILES string of the molecule is CC.CC1CCCCC1.N/C(=N\O)c1cnc2c(c1)ncn2Cc1ccc2nc(N)sc2c1. The normalized spacial score (nSPS) is 14.5. The summed E-state index contributed by atoms with van der Waals surface area (Å²) >= 11 is 1.47. The van der Waals surface area contributed by atoms with Gasteiger partial charge in [-0.2, -0.15) is 0 Å². The lowest BCUT2D eigenvalue weighted by molar-refractivity contribution is 0.318. The van der Waals surface area contributed by atoms with Gasteiger partial charge in [-0.15, -0.1) is 0 Å². The van der Waals surface area contributed by atoms with E-state index in [-0.39, 0.29) is 5.84 Å². The standard InChI is InChI=1S/C15H13N7OS.C7H14.C2H6/c16-13(21-23)9-4-11-14(18-5-9)22(7-19-11)6-8-1-2-10-12(3-8)24-15(17)20-10;1-7-5-3-2-4-6-7;1-2/h1-5,7,23H,6H2,(H2,16,21)(H2,17,20);7H,2-6H2,1H3;1-2H3. The number of rotatable bonds is 3. The van der Waals surface area contributed by atoms with Crippen LogP contribution in [0.15, 0.2) is 41.9 Å². The average Bonchev–Trinajstić information content (AvgIpc) is 3.42. The molecule has 5 rings (SSSR count). The second-order valence-corrected chi connectivity index (χ2v) is 9.08. The van der Waals surface area contributed by atoms with Crippen molar-refractivity contribution in [1.82, 2.24) is 19.5 Å². The van der Waals surface area contributed by atoms with Gasteiger partial charge in [0.1, 0.15) is 5.52 Å². The molecule has 1 aliphatic rings. The molecule has 1 aromatic carbocycles. The minimum atomic E-state index is 0.00665. The molecule has 0 saturated heterocycles. The molecule has 176 valence electrons. The Hall–Kier alpha value is -3.20. The van der Waals surface area contributed by atoms with Crippen LogP contribution in [0.25, 0.3) is 21.4 Å². The van der Waals surface area contributed by atoms with Crippen LogP contribution >= 0.6 is 11.3 Å². The summed E-state index contributed by atoms with van der Waals surface area (Å²) in [7, 11) is 0. The third-order valence-corrected chi connectivity index (χ3v) is 6.42. The first-order valence-electron chi connectivity index (χ1n) is 11.5. The van der Waals surface area contributed by atoms with Crippen LogP contribution in [0.4, 0.5) is 5.13 Å². The number of anilines is 1. The summed E-state index contributed by atoms with van der Waals surface area (Å²) in [4.78, 5) is 13.0. The minimum absolute atomic E-state index is 0.00665. The number of imidazole rings is 1. The highest BCUT2D eigenvalue weighted by molar-refractivity contribution is 7.22. The van der Waals surface area contributed by atoms with Crippen LogP contribution in [0.2, 0.25) is 0 Å². The van der Waals surface area contributed by atoms with E-state index in [9.17, 15) is 0 Å². The Balaban J connectivity index is 0.000000289. The molecule has 1 aliphatic carbocycles. The van der Waals surface area contributed by atoms with Crippen molar-refractivity contribution in [2.45, 2.75) is 59.4 Å². The molecule has 1 saturated carbocycles. The third-order valence-electron chi connectivity index (χ3n) is 5.58. The molecule has 0 atom stereocenters. The summed E-state index contributed by atoms with van der Waals surface area (Å²) in [5.41, 5.74) is 15.3. The lowest BCUT2D eigenvalue weighted by atomic mass is 9.91. The van der Waals surface area contributed by atoms with E-state index in [1.54, 1.807) is 18.6 Å². The van der Waals surface area contributed by atoms with Crippen molar-refractivity contribution in [3.05, 3.63) is 47.9 Å². The van der Waals surface area contributed by atoms with Crippen LogP contribution in [-0.4, -0.2) is 30.6 Å². The summed E-state index contributed by atoms with van der Waals surface area (Å²) in [6, 6.07) is 7.78. The maximum absolute atomic E-state index is 8.75. The lowest BCUT2D eigenvalue weighted by Crippen LogP contribution is -2.13. The van der Waals surface area contributed by atoms with Crippen LogP contribution in [0.5, 0.6) is 0 Å². The zero-order valence-corrected chi connectivity index (χ0v) is 20.3. The Morgan fingerprint density at radius 3 is 2.58 bits per heavy atom. The Kier molecular flexibility index (Phi) is 8.59. The van der Waals surface area contributed by atoms with Crippen LogP contribution < -0.4 is 11.5 Å². The fraction of sp³-hybridized carbons (Fsp3) is 0.417. The molecule has 9 heteroatoms. The van der Waals surface area contributed by atoms with Gasteiger partial charge in [0.2, 0.25) is 0 Å². The Labute approximate surface area is 198 Å². The number of nitrogens with two attached hydrogens (primary N) is 2. The number of nitrogen functional groups attached to an aromatic ring is 1. The summed E-state index contributed by atoms with van der Waals surface area (Å²) < 4.78 is 2.99. The van der Waals surface area contributed by atoms with E-state index < -0.39 is 0 Å². The van der Waals surface area contributed by atoms with E-state index in [4.69, 9.17) is 16.7 Å². The summed E-state index contributed by atoms with van der Waals surface area (Å²) in [5, 5.41) is 12.3. The molecule has 33 heavy (non-hydrogen) atoms. The molecule has 8 nitrogen and oxygen atoms in total. The molecule has 1 fully saturated rings. The highest BCUT2D eigenvalue weighted by Gasteiger charge is 2.09. The minimum Gasteiger partial charge on any atom is -0.409 e. The number of aromatic nitrogens is 4. The van der Waals surface area contributed by atoms with Gasteiger partial charge in [-0.3, -0.25) is 0 Å². The molecule has 0 radical (unpaired) electrons. The largest absolute Gasteiger partial charge is 0.409 e. The van der Waals surface area contributed by atoms with Gasteiger partial charge in [0, 0.05) is 11.8 Å². The number of benzene rings is 1. The first kappa shape index (κ1) is 24.4. The Morgan fingerprint density at radius 2 is 1.91 bits per heavy atom. The predicted octanol–water partition coefficient (Wildman–Crippen LogP) is 5.38. The topological polar surface area (TPSA) is 128 Å². The molecule has 0 unspecified atom stereocenters. The number of amidine groups is 1. The van der Waals surface area contributed by atoms with Gasteiger partial charge >= 0.3 is 0 Å². The zero-order chi connectivity index (χ0) is 23.8. The van der Waals surface area contributed by atoms with Crippen LogP contribution in [0, 0.1) is 5.92 Å². The fourth-order valence-electron chi connectivity index (χ4n) is 3.85. The smallest absolute Gasteiger partial charge is 0.181 e. The van der Waals surface area contributed by atoms with Crippen molar-refractivity contribution in [3.8, 4) is 0 Å². The monoisotopic (exact) mass is 467 g/mol. The molecule has 0 aliphatic heterocycles. The Morgan fingerprint density at radius 1 is 1.15 bits per heavy atom. The molecule has 0 amide bonds. The summed E-state index contributed by atoms with van der Waals surface area (Å²) in [6.45, 7) is 6.99. The molecule has 3 heterocycles. The highest BCUT2D eigenvalue weighted by Crippen LogP contribution is 2.25. The van der Waals surface area contributed by atoms with E-state index in [1.165, 1.54) is 43.4 Å². The third kappa shape index (κ3) is 6.19. The van der Waals surface area contributed by atoms with Gasteiger partial charge in [0.15, 0.2) is 16.6 Å². The first-order valence-corrected chi connectivity index (χ1v) is 12.3. The average molecular weight is 468 g/mol. The lowest BCUT2D eigenvalue weighted by Gasteiger charge is -2.15. The number of pyridine rings is 1. The zero-order valence-electron chi connectivity index (χ0n) is 19.5. The molecular weight excluding hydrogens is 434 g/mol. The maximum Gasteiger partial charge on any atom is 0.181 e. The van der Waals surface area contributed by atoms with Crippen molar-refractivity contribution < 1.29 is 5.21 Å². The molecule has 4 aromatic rings. The van der Waals surface area contributed by atoms with Crippen molar-refractivity contribution in [2.24, 2.45) is 16.8 Å². The predicted molar refractivity (Wildman–Crippen MR) is 137 cm³/mol. The maximum atomic E-state index is 8.75. The first-order chi connectivity index (χ1) is 16.0. The van der Waals surface area contributed by atoms with Crippen molar-refractivity contribution in [2.75, 3.05) is 5.73 Å². The molecule has 0 spiro atoms. The number of thiazole rings is 1. The molecule has 3 aromatic heterocycles. The van der Waals surface area contributed by atoms with Gasteiger partial charge in [-0.1, -0.05) is 75.4 Å². The fourth-order valence-corrected chi connectivity index (χ4v) is 4.65. The van der Waals surface area contributed by atoms with Crippen molar-refractivity contribution >= 4 is 43.7 Å². The quantitative estimate of drug-likeness (QED) is 0.161. The highest BCUT2D eigenvalue weighted by atomic mass is 32.1. The summed E-state index contributed by atoms with van der Waals surface area (Å²) in [5.74, 6) is 1.04.